The fourth-order valence-electron chi connectivity index (χ4n) is 13.9. The molecule has 2 aliphatic heterocycles. The van der Waals surface area contributed by atoms with Crippen molar-refractivity contribution in [2.75, 3.05) is 9.80 Å². The number of benzene rings is 11. The summed E-state index contributed by atoms with van der Waals surface area (Å²) in [7, 11) is 0. The second-order valence-corrected chi connectivity index (χ2v) is 20.0. The Kier molecular flexibility index (Phi) is 7.95. The third-order valence-electron chi connectivity index (χ3n) is 16.6. The Morgan fingerprint density at radius 1 is 0.343 bits per heavy atom. The second kappa shape index (κ2) is 14.1. The average molecular weight is 857 g/mol. The molecular formula is C64H49BN2. The minimum atomic E-state index is 0.0957. The van der Waals surface area contributed by atoms with Crippen molar-refractivity contribution in [3.05, 3.63) is 197 Å². The van der Waals surface area contributed by atoms with Gasteiger partial charge in [0.1, 0.15) is 0 Å². The maximum Gasteiger partial charge on any atom is 0.252 e. The summed E-state index contributed by atoms with van der Waals surface area (Å²) in [6, 6.07) is 63.2. The number of nitrogens with zero attached hydrogens (tertiary/aromatic N) is 2. The lowest BCUT2D eigenvalue weighted by Crippen LogP contribution is -2.62. The summed E-state index contributed by atoms with van der Waals surface area (Å²) < 4.78 is 0. The monoisotopic (exact) mass is 856 g/mol. The fourth-order valence-corrected chi connectivity index (χ4v) is 13.9. The van der Waals surface area contributed by atoms with Gasteiger partial charge in [0.05, 0.1) is 5.69 Å². The van der Waals surface area contributed by atoms with E-state index in [1.807, 2.05) is 0 Å². The predicted octanol–water partition coefficient (Wildman–Crippen LogP) is 15.1. The minimum Gasteiger partial charge on any atom is -0.311 e. The molecule has 318 valence electrons. The molecule has 0 saturated heterocycles. The van der Waals surface area contributed by atoms with Gasteiger partial charge in [-0.3, -0.25) is 0 Å². The zero-order chi connectivity index (χ0) is 44.1. The van der Waals surface area contributed by atoms with E-state index in [-0.39, 0.29) is 6.71 Å². The molecule has 0 aromatic heterocycles. The molecule has 0 N–H and O–H groups in total. The Hall–Kier alpha value is -7.36. The van der Waals surface area contributed by atoms with E-state index in [1.165, 1.54) is 152 Å². The first-order valence-electron chi connectivity index (χ1n) is 24.8. The van der Waals surface area contributed by atoms with Crippen molar-refractivity contribution >= 4 is 122 Å². The highest BCUT2D eigenvalue weighted by molar-refractivity contribution is 7.00. The molecule has 0 fully saturated rings. The molecule has 4 aliphatic rings. The fraction of sp³-hybridized carbons (Fsp3) is 0.156. The number of anilines is 6. The van der Waals surface area contributed by atoms with Crippen LogP contribution in [-0.2, 0) is 25.7 Å². The van der Waals surface area contributed by atoms with Gasteiger partial charge in [-0.2, -0.15) is 0 Å². The van der Waals surface area contributed by atoms with Crippen molar-refractivity contribution in [3.8, 4) is 0 Å². The van der Waals surface area contributed by atoms with E-state index in [4.69, 9.17) is 0 Å². The van der Waals surface area contributed by atoms with E-state index < -0.39 is 0 Å². The maximum atomic E-state index is 2.76. The van der Waals surface area contributed by atoms with Crippen LogP contribution in [0, 0.1) is 13.8 Å². The van der Waals surface area contributed by atoms with Gasteiger partial charge in [-0.15, -0.1) is 0 Å². The van der Waals surface area contributed by atoms with Gasteiger partial charge in [-0.05, 0) is 205 Å². The Morgan fingerprint density at radius 3 is 1.27 bits per heavy atom. The van der Waals surface area contributed by atoms with Crippen molar-refractivity contribution in [1.29, 1.82) is 0 Å². The molecule has 11 aromatic rings. The number of rotatable bonds is 2. The highest BCUT2D eigenvalue weighted by atomic mass is 15.2. The minimum absolute atomic E-state index is 0.0957. The molecular weight excluding hydrogens is 808 g/mol. The van der Waals surface area contributed by atoms with Gasteiger partial charge in [-0.1, -0.05) is 133 Å². The lowest BCUT2D eigenvalue weighted by molar-refractivity contribution is 0.682. The first-order chi connectivity index (χ1) is 33.1. The van der Waals surface area contributed by atoms with Gasteiger partial charge < -0.3 is 9.80 Å². The highest BCUT2D eigenvalue weighted by Crippen LogP contribution is 2.52. The van der Waals surface area contributed by atoms with Gasteiger partial charge >= 0.3 is 0 Å². The number of fused-ring (bicyclic) bond motifs is 20. The molecule has 2 heterocycles. The van der Waals surface area contributed by atoms with Gasteiger partial charge in [0.2, 0.25) is 0 Å². The van der Waals surface area contributed by atoms with Crippen LogP contribution in [0.5, 0.6) is 0 Å². The summed E-state index contributed by atoms with van der Waals surface area (Å²) >= 11 is 0. The molecule has 15 rings (SSSR count). The lowest BCUT2D eigenvalue weighted by atomic mass is 9.32. The molecule has 0 amide bonds. The van der Waals surface area contributed by atoms with Crippen molar-refractivity contribution in [1.82, 2.24) is 0 Å². The van der Waals surface area contributed by atoms with E-state index >= 15 is 0 Å². The zero-order valence-corrected chi connectivity index (χ0v) is 38.2. The second-order valence-electron chi connectivity index (χ2n) is 20.0. The normalized spacial score (nSPS) is 15.0. The smallest absolute Gasteiger partial charge is 0.252 e. The Bertz CT molecular complexity index is 3910. The third-order valence-corrected chi connectivity index (χ3v) is 16.6. The molecule has 0 bridgehead atoms. The Morgan fingerprint density at radius 2 is 0.731 bits per heavy atom. The first kappa shape index (κ1) is 37.8. The SMILES string of the molecule is Cc1cc2c(c3c1CCCC3)N(c1ccc3c4ccccc4c4ccccc4c3c1)c1cccc3c1B2c1cc(C)c2c(c1N3c1cccc3c4ccccc4c4ccccc4c13)CCCC2. The average Bonchev–Trinajstić information content (AvgIpc) is 3.39. The van der Waals surface area contributed by atoms with Crippen LogP contribution < -0.4 is 26.2 Å². The largest absolute Gasteiger partial charge is 0.311 e. The van der Waals surface area contributed by atoms with Gasteiger partial charge in [0.25, 0.3) is 6.71 Å². The first-order valence-corrected chi connectivity index (χ1v) is 24.8. The standard InChI is InChI=1S/C64H49BN2/c1-38-35-56-63(53-27-13-3-17-41(38)53)66(40-33-34-50-45-21-6-5-19-43(45)44-20-8-10-25-49(44)55(50)37-40)59-31-16-32-60-62(59)65(56)57-36-39(2)42-18-4-14-28-54(42)64(57)67(60)58-30-15-29-52-48-23-9-7-22-46(48)47-24-11-12-26-51(47)61(52)58/h5-12,15-16,19-26,29-37H,3-4,13-14,17-18,27-28H2,1-2H3. The highest BCUT2D eigenvalue weighted by Gasteiger charge is 2.46. The Labute approximate surface area is 392 Å². The van der Waals surface area contributed by atoms with E-state index in [1.54, 1.807) is 22.3 Å². The van der Waals surface area contributed by atoms with Crippen LogP contribution in [0.15, 0.2) is 164 Å². The van der Waals surface area contributed by atoms with Crippen molar-refractivity contribution in [2.45, 2.75) is 65.2 Å². The summed E-state index contributed by atoms with van der Waals surface area (Å²) in [5.74, 6) is 0. The molecule has 3 heteroatoms. The lowest BCUT2D eigenvalue weighted by Gasteiger charge is -2.47. The topological polar surface area (TPSA) is 6.48 Å². The van der Waals surface area contributed by atoms with Crippen molar-refractivity contribution < 1.29 is 0 Å². The van der Waals surface area contributed by atoms with E-state index in [0.717, 1.165) is 25.7 Å². The zero-order valence-electron chi connectivity index (χ0n) is 38.2. The number of hydrogen-bond donors (Lipinski definition) is 0. The van der Waals surface area contributed by atoms with Crippen molar-refractivity contribution in [2.24, 2.45) is 0 Å². The molecule has 0 unspecified atom stereocenters. The van der Waals surface area contributed by atoms with Crippen LogP contribution >= 0.6 is 0 Å². The molecule has 2 nitrogen and oxygen atoms in total. The predicted molar refractivity (Wildman–Crippen MR) is 288 cm³/mol. The van der Waals surface area contributed by atoms with Gasteiger partial charge in [-0.25, -0.2) is 0 Å². The summed E-state index contributed by atoms with van der Waals surface area (Å²) in [5, 5.41) is 15.8. The van der Waals surface area contributed by atoms with E-state index in [0.29, 0.717) is 0 Å². The quantitative estimate of drug-likeness (QED) is 0.126. The molecule has 11 aromatic carbocycles. The maximum absolute atomic E-state index is 2.76. The molecule has 0 radical (unpaired) electrons. The number of aryl methyl sites for hydroxylation is 2. The summed E-state index contributed by atoms with van der Waals surface area (Å²) in [6.07, 6.45) is 9.46. The molecule has 0 saturated carbocycles. The van der Waals surface area contributed by atoms with Crippen LogP contribution in [-0.4, -0.2) is 6.71 Å². The summed E-state index contributed by atoms with van der Waals surface area (Å²) in [5.41, 5.74) is 21.5. The molecule has 2 aliphatic carbocycles. The van der Waals surface area contributed by atoms with Gasteiger partial charge in [0, 0.05) is 33.8 Å². The Balaban J connectivity index is 1.08. The van der Waals surface area contributed by atoms with Crippen LogP contribution in [0.3, 0.4) is 0 Å². The van der Waals surface area contributed by atoms with Gasteiger partial charge in [0.15, 0.2) is 0 Å². The van der Waals surface area contributed by atoms with Crippen molar-refractivity contribution in [3.63, 3.8) is 0 Å². The summed E-state index contributed by atoms with van der Waals surface area (Å²) in [6.45, 7) is 4.91. The van der Waals surface area contributed by atoms with E-state index in [2.05, 4.69) is 187 Å². The molecule has 0 atom stereocenters. The van der Waals surface area contributed by atoms with Crippen LogP contribution in [0.25, 0.3) is 64.6 Å². The summed E-state index contributed by atoms with van der Waals surface area (Å²) in [4.78, 5) is 5.48. The van der Waals surface area contributed by atoms with E-state index in [9.17, 15) is 0 Å². The van der Waals surface area contributed by atoms with Crippen LogP contribution in [0.1, 0.15) is 59.1 Å². The van der Waals surface area contributed by atoms with Crippen LogP contribution in [0.4, 0.5) is 34.1 Å². The number of hydrogen-bond acceptors (Lipinski definition) is 2. The van der Waals surface area contributed by atoms with Crippen LogP contribution in [0.2, 0.25) is 0 Å². The third kappa shape index (κ3) is 5.12. The molecule has 67 heavy (non-hydrogen) atoms. The molecule has 0 spiro atoms.